The number of hydrogen-bond acceptors (Lipinski definition) is 8. The van der Waals surface area contributed by atoms with E-state index in [1.807, 2.05) is 19.1 Å². The summed E-state index contributed by atoms with van der Waals surface area (Å²) in [5.41, 5.74) is 0.963. The molecule has 0 aromatic carbocycles. The summed E-state index contributed by atoms with van der Waals surface area (Å²) in [4.78, 5) is 12.6. The molecule has 2 spiro atoms. The lowest BCUT2D eigenvalue weighted by atomic mass is 9.66. The van der Waals surface area contributed by atoms with Gasteiger partial charge in [0.1, 0.15) is 0 Å². The average molecular weight is 682 g/mol. The van der Waals surface area contributed by atoms with Crippen molar-refractivity contribution < 1.29 is 23.0 Å². The molecular weight excluding hydrogens is 612 g/mol. The fourth-order valence-corrected chi connectivity index (χ4v) is 10.2. The van der Waals surface area contributed by atoms with Crippen LogP contribution in [-0.2, 0) is 14.2 Å². The Hall–Kier alpha value is -0.460. The van der Waals surface area contributed by atoms with Gasteiger partial charge in [0.25, 0.3) is 6.43 Å². The normalized spacial score (nSPS) is 29.3. The van der Waals surface area contributed by atoms with Crippen molar-refractivity contribution in [2.45, 2.75) is 128 Å². The van der Waals surface area contributed by atoms with E-state index in [9.17, 15) is 8.78 Å². The first-order chi connectivity index (χ1) is 22.4. The number of ether oxygens (including phenoxy) is 3. The lowest BCUT2D eigenvalue weighted by molar-refractivity contribution is -0.160. The molecule has 6 aliphatic heterocycles. The first kappa shape index (κ1) is 37.3. The van der Waals surface area contributed by atoms with Crippen LogP contribution in [0.5, 0.6) is 0 Å². The zero-order valence-electron chi connectivity index (χ0n) is 32.0. The molecule has 6 aliphatic rings. The third-order valence-electron chi connectivity index (χ3n) is 14.7. The predicted octanol–water partition coefficient (Wildman–Crippen LogP) is 4.91. The van der Waals surface area contributed by atoms with Gasteiger partial charge in [-0.05, 0) is 94.0 Å². The van der Waals surface area contributed by atoms with Crippen molar-refractivity contribution in [1.82, 2.24) is 24.5 Å². The maximum Gasteiger partial charge on any atom is 0.251 e. The van der Waals surface area contributed by atoms with Crippen LogP contribution in [0.4, 0.5) is 8.78 Å². The highest BCUT2D eigenvalue weighted by atomic mass is 19.3. The Bertz CT molecular complexity index is 1090. The van der Waals surface area contributed by atoms with E-state index < -0.39 is 6.43 Å². The maximum absolute atomic E-state index is 13.0. The second-order valence-electron chi connectivity index (χ2n) is 19.2. The lowest BCUT2D eigenvalue weighted by Gasteiger charge is -2.65. The summed E-state index contributed by atoms with van der Waals surface area (Å²) in [6.07, 6.45) is 4.97. The molecule has 2 atom stereocenters. The summed E-state index contributed by atoms with van der Waals surface area (Å²) in [5.74, 6) is 0.599. The summed E-state index contributed by atoms with van der Waals surface area (Å²) in [7, 11) is 3.66. The molecule has 8 nitrogen and oxygen atoms in total. The Morgan fingerprint density at radius 1 is 0.812 bits per heavy atom. The second-order valence-corrected chi connectivity index (χ2v) is 19.2. The Kier molecular flexibility index (Phi) is 10.5. The van der Waals surface area contributed by atoms with Crippen LogP contribution in [0.25, 0.3) is 0 Å². The Balaban J connectivity index is 1.04. The molecule has 2 unspecified atom stereocenters. The molecule has 0 saturated carbocycles. The zero-order valence-corrected chi connectivity index (χ0v) is 32.0. The second kappa shape index (κ2) is 13.5. The largest absolute Gasteiger partial charge is 0.384 e. The van der Waals surface area contributed by atoms with Crippen LogP contribution in [0.3, 0.4) is 0 Å². The first-order valence-electron chi connectivity index (χ1n) is 19.1. The SMILES string of the molecule is COCC1CN(C(C)(CCC(C)(C)N2CC(N(C)CC(F)F)C2)C(C)(C)N2CC3(COC(CC(C)(C)N4CC5(CCOCC5)C4)C3)C2)C1. The molecule has 0 amide bonds. The molecular formula is C38H69F2N5O3. The number of methoxy groups -OCH3 is 1. The van der Waals surface area contributed by atoms with Gasteiger partial charge in [0.2, 0.25) is 0 Å². The van der Waals surface area contributed by atoms with Crippen molar-refractivity contribution in [2.75, 3.05) is 99.5 Å². The monoisotopic (exact) mass is 682 g/mol. The van der Waals surface area contributed by atoms with Gasteiger partial charge in [-0.25, -0.2) is 8.78 Å². The number of halogens is 2. The average Bonchev–Trinajstić information content (AvgIpc) is 3.34. The van der Waals surface area contributed by atoms with Crippen LogP contribution in [-0.4, -0.2) is 165 Å². The highest BCUT2D eigenvalue weighted by molar-refractivity contribution is 5.15. The van der Waals surface area contributed by atoms with E-state index >= 15 is 0 Å². The van der Waals surface area contributed by atoms with Gasteiger partial charge in [-0.1, -0.05) is 0 Å². The van der Waals surface area contributed by atoms with Crippen LogP contribution >= 0.6 is 0 Å². The first-order valence-corrected chi connectivity index (χ1v) is 19.1. The van der Waals surface area contributed by atoms with Crippen LogP contribution in [0.2, 0.25) is 0 Å². The molecule has 0 radical (unpaired) electrons. The predicted molar refractivity (Wildman–Crippen MR) is 188 cm³/mol. The van der Waals surface area contributed by atoms with Gasteiger partial charge >= 0.3 is 0 Å². The molecule has 6 rings (SSSR count). The molecule has 48 heavy (non-hydrogen) atoms. The van der Waals surface area contributed by atoms with Crippen LogP contribution in [0.1, 0.15) is 87.0 Å². The molecule has 278 valence electrons. The molecule has 0 aromatic heterocycles. The smallest absolute Gasteiger partial charge is 0.251 e. The van der Waals surface area contributed by atoms with E-state index in [0.29, 0.717) is 17.4 Å². The van der Waals surface area contributed by atoms with Crippen LogP contribution in [0.15, 0.2) is 0 Å². The van der Waals surface area contributed by atoms with Crippen LogP contribution < -0.4 is 0 Å². The van der Waals surface area contributed by atoms with Crippen molar-refractivity contribution in [3.63, 3.8) is 0 Å². The lowest BCUT2D eigenvalue weighted by Crippen LogP contribution is -2.76. The van der Waals surface area contributed by atoms with Gasteiger partial charge in [0.05, 0.1) is 25.9 Å². The third kappa shape index (κ3) is 7.13. The van der Waals surface area contributed by atoms with E-state index in [1.54, 1.807) is 0 Å². The molecule has 6 heterocycles. The molecule has 0 bridgehead atoms. The number of hydrogen-bond donors (Lipinski definition) is 0. The van der Waals surface area contributed by atoms with Gasteiger partial charge < -0.3 is 14.2 Å². The zero-order chi connectivity index (χ0) is 34.8. The Morgan fingerprint density at radius 2 is 1.44 bits per heavy atom. The minimum absolute atomic E-state index is 0.00529. The molecule has 10 heteroatoms. The Morgan fingerprint density at radius 3 is 2.04 bits per heavy atom. The quantitative estimate of drug-likeness (QED) is 0.242. The highest BCUT2D eigenvalue weighted by Gasteiger charge is 2.60. The maximum atomic E-state index is 13.0. The number of rotatable bonds is 15. The van der Waals surface area contributed by atoms with Gasteiger partial charge in [0, 0.05) is 118 Å². The van der Waals surface area contributed by atoms with E-state index in [-0.39, 0.29) is 40.2 Å². The minimum Gasteiger partial charge on any atom is -0.384 e. The third-order valence-corrected chi connectivity index (χ3v) is 14.7. The van der Waals surface area contributed by atoms with E-state index in [4.69, 9.17) is 14.2 Å². The molecule has 6 saturated heterocycles. The van der Waals surface area contributed by atoms with Gasteiger partial charge in [0.15, 0.2) is 0 Å². The molecule has 0 aliphatic carbocycles. The van der Waals surface area contributed by atoms with Gasteiger partial charge in [-0.2, -0.15) is 0 Å². The van der Waals surface area contributed by atoms with Crippen molar-refractivity contribution >= 4 is 0 Å². The molecule has 6 fully saturated rings. The van der Waals surface area contributed by atoms with Crippen molar-refractivity contribution in [2.24, 2.45) is 16.7 Å². The Labute approximate surface area is 291 Å². The van der Waals surface area contributed by atoms with E-state index in [2.05, 4.69) is 68.1 Å². The fraction of sp³-hybridized carbons (Fsp3) is 1.00. The van der Waals surface area contributed by atoms with Gasteiger partial charge in [-0.15, -0.1) is 0 Å². The summed E-state index contributed by atoms with van der Waals surface area (Å²) in [5, 5.41) is 0. The molecule has 0 aromatic rings. The van der Waals surface area contributed by atoms with Crippen molar-refractivity contribution in [1.29, 1.82) is 0 Å². The van der Waals surface area contributed by atoms with Crippen molar-refractivity contribution in [3.8, 4) is 0 Å². The number of nitrogens with zero attached hydrogens (tertiary/aromatic N) is 5. The van der Waals surface area contributed by atoms with Gasteiger partial charge in [-0.3, -0.25) is 24.5 Å². The number of likely N-dealkylation sites (N-methyl/N-ethyl adjacent to an activating group) is 1. The number of alkyl halides is 2. The van der Waals surface area contributed by atoms with Crippen LogP contribution in [0, 0.1) is 16.7 Å². The topological polar surface area (TPSA) is 43.9 Å². The summed E-state index contributed by atoms with van der Waals surface area (Å²) >= 11 is 0. The number of likely N-dealkylation sites (tertiary alicyclic amines) is 4. The summed E-state index contributed by atoms with van der Waals surface area (Å²) < 4.78 is 43.8. The van der Waals surface area contributed by atoms with E-state index in [1.165, 1.54) is 32.4 Å². The highest BCUT2D eigenvalue weighted by Crippen LogP contribution is 2.52. The van der Waals surface area contributed by atoms with Crippen molar-refractivity contribution in [3.05, 3.63) is 0 Å². The summed E-state index contributed by atoms with van der Waals surface area (Å²) in [6, 6.07) is 0.223. The molecule has 0 N–H and O–H groups in total. The van der Waals surface area contributed by atoms with E-state index in [0.717, 1.165) is 85.0 Å². The fourth-order valence-electron chi connectivity index (χ4n) is 10.2. The summed E-state index contributed by atoms with van der Waals surface area (Å²) in [6.45, 7) is 29.1. The minimum atomic E-state index is -2.27. The standard InChI is InChI=1S/C38H69F2N5O3/c1-33(2,42-20-30(21-42)41(8)22-32(39)40)10-11-36(7,43-18-29(19-43)23-46-9)35(5,6)45-26-38(27-45)17-31(48-28-38)16-34(3,4)44-24-37(25-44)12-14-47-15-13-37/h29-32H,10-28H2,1-9H3.